The van der Waals surface area contributed by atoms with Gasteiger partial charge in [-0.1, -0.05) is 29.8 Å². The highest BCUT2D eigenvalue weighted by atomic mass is 35.5. The van der Waals surface area contributed by atoms with Gasteiger partial charge in [-0.05, 0) is 60.7 Å². The van der Waals surface area contributed by atoms with Crippen LogP contribution in [0.1, 0.15) is 0 Å². The Morgan fingerprint density at radius 2 is 1.59 bits per heavy atom. The van der Waals surface area contributed by atoms with Crippen LogP contribution in [0.3, 0.4) is 0 Å². The Labute approximate surface area is 188 Å². The van der Waals surface area contributed by atoms with Crippen molar-refractivity contribution in [3.8, 4) is 22.8 Å². The van der Waals surface area contributed by atoms with Gasteiger partial charge in [0.05, 0.1) is 10.6 Å². The number of halogens is 1. The maximum atomic E-state index is 12.6. The Hall–Kier alpha value is -3.82. The summed E-state index contributed by atoms with van der Waals surface area (Å²) in [6, 6.07) is 22.1. The van der Waals surface area contributed by atoms with Crippen LogP contribution >= 0.6 is 11.6 Å². The zero-order chi connectivity index (χ0) is 22.1. The van der Waals surface area contributed by atoms with Crippen LogP contribution in [0.2, 0.25) is 5.02 Å². The number of fused-ring (bicyclic) bond motifs is 1. The number of hydrogen-bond acceptors (Lipinski definition) is 6. The maximum Gasteiger partial charge on any atom is 0.261 e. The van der Waals surface area contributed by atoms with E-state index in [1.807, 2.05) is 30.3 Å². The number of aromatic nitrogens is 5. The van der Waals surface area contributed by atoms with E-state index in [2.05, 4.69) is 25.0 Å². The molecule has 0 saturated heterocycles. The molecule has 32 heavy (non-hydrogen) atoms. The number of nitrogens with zero attached hydrogens (tertiary/aromatic N) is 5. The van der Waals surface area contributed by atoms with Crippen LogP contribution < -0.4 is 4.72 Å². The van der Waals surface area contributed by atoms with Crippen LogP contribution in [-0.2, 0) is 10.0 Å². The van der Waals surface area contributed by atoms with E-state index in [-0.39, 0.29) is 4.90 Å². The third kappa shape index (κ3) is 3.91. The predicted octanol–water partition coefficient (Wildman–Crippen LogP) is 4.31. The Kier molecular flexibility index (Phi) is 5.04. The molecule has 3 aromatic heterocycles. The summed E-state index contributed by atoms with van der Waals surface area (Å²) in [5, 5.41) is 13.4. The SMILES string of the molecule is O=S(=O)(Nc1ccc(-c2ccc3nnc(-c4ccccn4)n3n2)cc1)c1ccc(Cl)cc1. The molecular weight excluding hydrogens is 448 g/mol. The smallest absolute Gasteiger partial charge is 0.261 e. The minimum atomic E-state index is -3.72. The van der Waals surface area contributed by atoms with E-state index in [0.717, 1.165) is 5.56 Å². The Morgan fingerprint density at radius 1 is 0.812 bits per heavy atom. The van der Waals surface area contributed by atoms with Gasteiger partial charge in [0.1, 0.15) is 5.69 Å². The molecule has 1 N–H and O–H groups in total. The number of rotatable bonds is 5. The van der Waals surface area contributed by atoms with E-state index in [9.17, 15) is 8.42 Å². The molecule has 5 aromatic rings. The van der Waals surface area contributed by atoms with Gasteiger partial charge < -0.3 is 0 Å². The Bertz CT molecular complexity index is 1500. The topological polar surface area (TPSA) is 102 Å². The lowest BCUT2D eigenvalue weighted by Gasteiger charge is -2.09. The molecule has 0 unspecified atom stereocenters. The van der Waals surface area contributed by atoms with Crippen molar-refractivity contribution in [2.45, 2.75) is 4.90 Å². The van der Waals surface area contributed by atoms with Gasteiger partial charge in [0, 0.05) is 22.5 Å². The lowest BCUT2D eigenvalue weighted by atomic mass is 10.1. The van der Waals surface area contributed by atoms with Crippen molar-refractivity contribution in [2.75, 3.05) is 4.72 Å². The first-order valence-corrected chi connectivity index (χ1v) is 11.4. The zero-order valence-electron chi connectivity index (χ0n) is 16.4. The van der Waals surface area contributed by atoms with E-state index < -0.39 is 10.0 Å². The second-order valence-corrected chi connectivity index (χ2v) is 8.98. The van der Waals surface area contributed by atoms with Gasteiger partial charge >= 0.3 is 0 Å². The van der Waals surface area contributed by atoms with E-state index in [0.29, 0.717) is 33.6 Å². The van der Waals surface area contributed by atoms with Crippen LogP contribution in [-0.4, -0.2) is 33.2 Å². The standard InChI is InChI=1S/C22H15ClN6O2S/c23-16-6-10-18(11-7-16)32(30,31)28-17-8-4-15(5-9-17)19-12-13-21-25-26-22(29(21)27-19)20-3-1-2-14-24-20/h1-14,28H. The summed E-state index contributed by atoms with van der Waals surface area (Å²) in [5.74, 6) is 0.537. The highest BCUT2D eigenvalue weighted by molar-refractivity contribution is 7.92. The van der Waals surface area contributed by atoms with Gasteiger partial charge in [-0.2, -0.15) is 9.61 Å². The molecule has 0 spiro atoms. The van der Waals surface area contributed by atoms with Crippen molar-refractivity contribution in [2.24, 2.45) is 0 Å². The van der Waals surface area contributed by atoms with Crippen molar-refractivity contribution < 1.29 is 8.42 Å². The quantitative estimate of drug-likeness (QED) is 0.417. The van der Waals surface area contributed by atoms with Crippen LogP contribution in [0.15, 0.2) is 90.0 Å². The molecule has 10 heteroatoms. The molecule has 0 aliphatic rings. The fourth-order valence-corrected chi connectivity index (χ4v) is 4.32. The van der Waals surface area contributed by atoms with Crippen molar-refractivity contribution in [3.63, 3.8) is 0 Å². The first kappa shape index (κ1) is 20.1. The van der Waals surface area contributed by atoms with Crippen molar-refractivity contribution in [3.05, 3.63) is 90.1 Å². The Morgan fingerprint density at radius 3 is 2.31 bits per heavy atom. The summed E-state index contributed by atoms with van der Waals surface area (Å²) in [6.07, 6.45) is 1.68. The summed E-state index contributed by atoms with van der Waals surface area (Å²) in [5.41, 5.74) is 3.19. The maximum absolute atomic E-state index is 12.6. The first-order valence-electron chi connectivity index (χ1n) is 9.52. The van der Waals surface area contributed by atoms with Crippen molar-refractivity contribution in [1.29, 1.82) is 0 Å². The van der Waals surface area contributed by atoms with Gasteiger partial charge in [-0.25, -0.2) is 8.42 Å². The average molecular weight is 463 g/mol. The molecular formula is C22H15ClN6O2S. The fourth-order valence-electron chi connectivity index (χ4n) is 3.13. The van der Waals surface area contributed by atoms with Crippen LogP contribution in [0.4, 0.5) is 5.69 Å². The Balaban J connectivity index is 1.43. The lowest BCUT2D eigenvalue weighted by Crippen LogP contribution is -2.12. The highest BCUT2D eigenvalue weighted by Crippen LogP contribution is 2.23. The monoisotopic (exact) mass is 462 g/mol. The normalized spacial score (nSPS) is 11.5. The summed E-state index contributed by atoms with van der Waals surface area (Å²) in [4.78, 5) is 4.45. The molecule has 5 rings (SSSR count). The lowest BCUT2D eigenvalue weighted by molar-refractivity contribution is 0.601. The third-order valence-electron chi connectivity index (χ3n) is 4.71. The van der Waals surface area contributed by atoms with Crippen molar-refractivity contribution >= 4 is 33.0 Å². The molecule has 8 nitrogen and oxygen atoms in total. The summed E-state index contributed by atoms with van der Waals surface area (Å²) >= 11 is 5.84. The van der Waals surface area contributed by atoms with E-state index in [4.69, 9.17) is 11.6 Å². The number of nitrogens with one attached hydrogen (secondary N) is 1. The second-order valence-electron chi connectivity index (χ2n) is 6.86. The number of pyridine rings is 1. The molecule has 158 valence electrons. The average Bonchev–Trinajstić information content (AvgIpc) is 3.23. The van der Waals surface area contributed by atoms with Crippen LogP contribution in [0.25, 0.3) is 28.4 Å². The highest BCUT2D eigenvalue weighted by Gasteiger charge is 2.15. The molecule has 0 bridgehead atoms. The summed E-state index contributed by atoms with van der Waals surface area (Å²) < 4.78 is 29.3. The van der Waals surface area contributed by atoms with Crippen LogP contribution in [0.5, 0.6) is 0 Å². The number of hydrogen-bond donors (Lipinski definition) is 1. The van der Waals surface area contributed by atoms with E-state index in [1.165, 1.54) is 24.3 Å². The molecule has 3 heterocycles. The number of benzene rings is 2. The number of sulfonamides is 1. The van der Waals surface area contributed by atoms with Gasteiger partial charge in [-0.15, -0.1) is 10.2 Å². The van der Waals surface area contributed by atoms with Gasteiger partial charge in [-0.3, -0.25) is 9.71 Å². The second kappa shape index (κ2) is 8.03. The minimum absolute atomic E-state index is 0.132. The fraction of sp³-hybridized carbons (Fsp3) is 0. The molecule has 0 aliphatic heterocycles. The van der Waals surface area contributed by atoms with Crippen molar-refractivity contribution in [1.82, 2.24) is 24.8 Å². The van der Waals surface area contributed by atoms with Gasteiger partial charge in [0.25, 0.3) is 10.0 Å². The molecule has 0 saturated carbocycles. The summed E-state index contributed by atoms with van der Waals surface area (Å²) in [7, 11) is -3.72. The molecule has 0 atom stereocenters. The molecule has 0 amide bonds. The van der Waals surface area contributed by atoms with Gasteiger partial charge in [0.2, 0.25) is 5.82 Å². The van der Waals surface area contributed by atoms with Gasteiger partial charge in [0.15, 0.2) is 5.65 Å². The first-order chi connectivity index (χ1) is 15.5. The molecule has 0 radical (unpaired) electrons. The summed E-state index contributed by atoms with van der Waals surface area (Å²) in [6.45, 7) is 0. The minimum Gasteiger partial charge on any atom is -0.280 e. The molecule has 0 fully saturated rings. The largest absolute Gasteiger partial charge is 0.280 e. The third-order valence-corrected chi connectivity index (χ3v) is 6.36. The number of anilines is 1. The zero-order valence-corrected chi connectivity index (χ0v) is 18.0. The predicted molar refractivity (Wildman–Crippen MR) is 122 cm³/mol. The molecule has 0 aliphatic carbocycles. The van der Waals surface area contributed by atoms with Crippen LogP contribution in [0, 0.1) is 0 Å². The van der Waals surface area contributed by atoms with E-state index >= 15 is 0 Å². The molecule has 2 aromatic carbocycles. The van der Waals surface area contributed by atoms with E-state index in [1.54, 1.807) is 35.0 Å².